The molecular weight excluding hydrogens is 418 g/mol. The fraction of sp³-hybridized carbons (Fsp3) is 0.115. The van der Waals surface area contributed by atoms with Crippen LogP contribution in [-0.2, 0) is 14.3 Å². The van der Waals surface area contributed by atoms with Crippen LogP contribution in [-0.4, -0.2) is 32.6 Å². The van der Waals surface area contributed by atoms with E-state index in [9.17, 15) is 14.9 Å². The van der Waals surface area contributed by atoms with Crippen molar-refractivity contribution in [2.24, 2.45) is 0 Å². The van der Waals surface area contributed by atoms with E-state index in [0.29, 0.717) is 22.7 Å². The third-order valence-electron chi connectivity index (χ3n) is 4.51. The Balaban J connectivity index is 1.51. The molecule has 0 unspecified atom stereocenters. The lowest BCUT2D eigenvalue weighted by Crippen LogP contribution is -2.21. The zero-order valence-corrected chi connectivity index (χ0v) is 18.3. The van der Waals surface area contributed by atoms with Crippen LogP contribution in [0.2, 0.25) is 0 Å². The van der Waals surface area contributed by atoms with Gasteiger partial charge in [-0.15, -0.1) is 0 Å². The van der Waals surface area contributed by atoms with Gasteiger partial charge in [0.05, 0.1) is 0 Å². The van der Waals surface area contributed by atoms with Gasteiger partial charge in [0.1, 0.15) is 23.1 Å². The van der Waals surface area contributed by atoms with E-state index in [-0.39, 0.29) is 5.57 Å². The first-order valence-corrected chi connectivity index (χ1v) is 10.1. The zero-order chi connectivity index (χ0) is 23.6. The first-order chi connectivity index (χ1) is 15.9. The van der Waals surface area contributed by atoms with E-state index < -0.39 is 18.5 Å². The molecule has 0 fully saturated rings. The lowest BCUT2D eigenvalue weighted by Gasteiger charge is -2.11. The second kappa shape index (κ2) is 11.2. The van der Waals surface area contributed by atoms with Gasteiger partial charge < -0.3 is 19.7 Å². The summed E-state index contributed by atoms with van der Waals surface area (Å²) in [5.74, 6) is -0.0621. The summed E-state index contributed by atoms with van der Waals surface area (Å²) in [6.45, 7) is -0.514. The molecule has 0 aliphatic heterocycles. The molecule has 3 aromatic rings. The average Bonchev–Trinajstić information content (AvgIpc) is 2.83. The second-order valence-electron chi connectivity index (χ2n) is 7.22. The zero-order valence-electron chi connectivity index (χ0n) is 18.3. The van der Waals surface area contributed by atoms with Gasteiger partial charge in [0.25, 0.3) is 5.91 Å². The van der Waals surface area contributed by atoms with Crippen molar-refractivity contribution in [2.75, 3.05) is 30.9 Å². The van der Waals surface area contributed by atoms with Gasteiger partial charge in [-0.25, -0.2) is 4.79 Å². The molecular formula is C26H23N3O4. The number of benzene rings is 3. The van der Waals surface area contributed by atoms with Crippen LogP contribution in [0, 0.1) is 11.3 Å². The normalized spacial score (nSPS) is 10.6. The number of carbonyl (C=O) groups is 2. The SMILES string of the molecule is CN(C)c1ccc(/C=C(\C#N)C(=O)OCC(=O)Nc2ccc(Oc3ccccc3)cc2)cc1. The van der Waals surface area contributed by atoms with Crippen LogP contribution < -0.4 is 15.0 Å². The van der Waals surface area contributed by atoms with Gasteiger partial charge >= 0.3 is 5.97 Å². The Morgan fingerprint density at radius 3 is 2.18 bits per heavy atom. The fourth-order valence-corrected chi connectivity index (χ4v) is 2.81. The summed E-state index contributed by atoms with van der Waals surface area (Å²) in [6, 6.07) is 25.2. The molecule has 1 amide bonds. The number of esters is 1. The van der Waals surface area contributed by atoms with Gasteiger partial charge in [-0.2, -0.15) is 5.26 Å². The molecule has 0 saturated heterocycles. The summed E-state index contributed by atoms with van der Waals surface area (Å²) in [5.41, 5.74) is 2.00. The van der Waals surface area contributed by atoms with Gasteiger partial charge in [0, 0.05) is 25.5 Å². The van der Waals surface area contributed by atoms with Crippen LogP contribution in [0.4, 0.5) is 11.4 Å². The smallest absolute Gasteiger partial charge is 0.349 e. The van der Waals surface area contributed by atoms with Gasteiger partial charge in [-0.3, -0.25) is 4.79 Å². The minimum Gasteiger partial charge on any atom is -0.457 e. The summed E-state index contributed by atoms with van der Waals surface area (Å²) in [7, 11) is 3.83. The molecule has 7 heteroatoms. The molecule has 0 atom stereocenters. The molecule has 3 rings (SSSR count). The predicted octanol–water partition coefficient (Wildman–Crippen LogP) is 4.63. The van der Waals surface area contributed by atoms with E-state index in [1.54, 1.807) is 36.4 Å². The highest BCUT2D eigenvalue weighted by Crippen LogP contribution is 2.22. The number of para-hydroxylation sites is 1. The van der Waals surface area contributed by atoms with E-state index in [1.807, 2.05) is 67.5 Å². The highest BCUT2D eigenvalue weighted by Gasteiger charge is 2.13. The van der Waals surface area contributed by atoms with Crippen molar-refractivity contribution < 1.29 is 19.1 Å². The summed E-state index contributed by atoms with van der Waals surface area (Å²) in [5, 5.41) is 11.9. The Morgan fingerprint density at radius 2 is 1.58 bits per heavy atom. The molecule has 0 radical (unpaired) electrons. The molecule has 3 aromatic carbocycles. The largest absolute Gasteiger partial charge is 0.457 e. The Hall–Kier alpha value is -4.57. The lowest BCUT2D eigenvalue weighted by atomic mass is 10.1. The Morgan fingerprint density at radius 1 is 0.939 bits per heavy atom. The second-order valence-corrected chi connectivity index (χ2v) is 7.22. The highest BCUT2D eigenvalue weighted by molar-refractivity contribution is 6.00. The van der Waals surface area contributed by atoms with Crippen molar-refractivity contribution in [3.8, 4) is 17.6 Å². The summed E-state index contributed by atoms with van der Waals surface area (Å²) < 4.78 is 10.7. The number of nitrogens with one attached hydrogen (secondary N) is 1. The van der Waals surface area contributed by atoms with Crippen LogP contribution in [0.1, 0.15) is 5.56 Å². The number of hydrogen-bond acceptors (Lipinski definition) is 6. The number of amides is 1. The number of rotatable bonds is 8. The average molecular weight is 441 g/mol. The summed E-state index contributed by atoms with van der Waals surface area (Å²) >= 11 is 0. The molecule has 0 saturated carbocycles. The van der Waals surface area contributed by atoms with Crippen LogP contribution in [0.15, 0.2) is 84.4 Å². The Bertz CT molecular complexity index is 1160. The molecule has 0 bridgehead atoms. The number of nitrogens with zero attached hydrogens (tertiary/aromatic N) is 2. The third kappa shape index (κ3) is 6.97. The first-order valence-electron chi connectivity index (χ1n) is 10.1. The van der Waals surface area contributed by atoms with Crippen molar-refractivity contribution in [1.82, 2.24) is 0 Å². The molecule has 0 aliphatic rings. The van der Waals surface area contributed by atoms with E-state index in [1.165, 1.54) is 6.08 Å². The Kier molecular flexibility index (Phi) is 7.81. The van der Waals surface area contributed by atoms with E-state index in [0.717, 1.165) is 5.69 Å². The topological polar surface area (TPSA) is 91.7 Å². The molecule has 33 heavy (non-hydrogen) atoms. The van der Waals surface area contributed by atoms with Gasteiger partial charge in [0.15, 0.2) is 6.61 Å². The monoisotopic (exact) mass is 441 g/mol. The van der Waals surface area contributed by atoms with Gasteiger partial charge in [0.2, 0.25) is 0 Å². The quantitative estimate of drug-likeness (QED) is 0.311. The predicted molar refractivity (Wildman–Crippen MR) is 127 cm³/mol. The van der Waals surface area contributed by atoms with Crippen molar-refractivity contribution in [2.45, 2.75) is 0 Å². The molecule has 0 aromatic heterocycles. The van der Waals surface area contributed by atoms with Gasteiger partial charge in [-0.1, -0.05) is 30.3 Å². The molecule has 166 valence electrons. The maximum atomic E-state index is 12.2. The number of nitriles is 1. The minimum absolute atomic E-state index is 0.192. The number of ether oxygens (including phenoxy) is 2. The molecule has 0 aliphatic carbocycles. The molecule has 1 N–H and O–H groups in total. The van der Waals surface area contributed by atoms with Crippen molar-refractivity contribution in [3.63, 3.8) is 0 Å². The van der Waals surface area contributed by atoms with Gasteiger partial charge in [-0.05, 0) is 60.2 Å². The van der Waals surface area contributed by atoms with Crippen molar-refractivity contribution >= 4 is 29.3 Å². The number of anilines is 2. The summed E-state index contributed by atoms with van der Waals surface area (Å²) in [4.78, 5) is 26.3. The summed E-state index contributed by atoms with van der Waals surface area (Å²) in [6.07, 6.45) is 1.42. The van der Waals surface area contributed by atoms with Crippen LogP contribution in [0.5, 0.6) is 11.5 Å². The lowest BCUT2D eigenvalue weighted by molar-refractivity contribution is -0.142. The minimum atomic E-state index is -0.865. The number of hydrogen-bond donors (Lipinski definition) is 1. The number of carbonyl (C=O) groups excluding carboxylic acids is 2. The molecule has 0 spiro atoms. The maximum Gasteiger partial charge on any atom is 0.349 e. The standard InChI is InChI=1S/C26H23N3O4/c1-29(2)22-12-8-19(9-13-22)16-20(17-27)26(31)32-18-25(30)28-21-10-14-24(15-11-21)33-23-6-4-3-5-7-23/h3-16H,18H2,1-2H3,(H,28,30)/b20-16+. The molecule has 0 heterocycles. The fourth-order valence-electron chi connectivity index (χ4n) is 2.81. The Labute approximate surface area is 192 Å². The highest BCUT2D eigenvalue weighted by atomic mass is 16.5. The maximum absolute atomic E-state index is 12.2. The van der Waals surface area contributed by atoms with Crippen LogP contribution >= 0.6 is 0 Å². The van der Waals surface area contributed by atoms with Crippen molar-refractivity contribution in [1.29, 1.82) is 5.26 Å². The van der Waals surface area contributed by atoms with Crippen molar-refractivity contribution in [3.05, 3.63) is 90.0 Å². The van der Waals surface area contributed by atoms with E-state index >= 15 is 0 Å². The third-order valence-corrected chi connectivity index (χ3v) is 4.51. The first kappa shape index (κ1) is 23.1. The van der Waals surface area contributed by atoms with E-state index in [2.05, 4.69) is 5.32 Å². The van der Waals surface area contributed by atoms with E-state index in [4.69, 9.17) is 9.47 Å². The van der Waals surface area contributed by atoms with Crippen LogP contribution in [0.3, 0.4) is 0 Å². The van der Waals surface area contributed by atoms with Crippen LogP contribution in [0.25, 0.3) is 6.08 Å². The molecule has 7 nitrogen and oxygen atoms in total.